The average Bonchev–Trinajstić information content (AvgIpc) is 2.45. The van der Waals surface area contributed by atoms with E-state index < -0.39 is 0 Å². The minimum atomic E-state index is -0.207. The van der Waals surface area contributed by atoms with Crippen LogP contribution in [0.2, 0.25) is 0 Å². The Balaban J connectivity index is -0.0000000864. The molecule has 0 rings (SSSR count). The zero-order chi connectivity index (χ0) is 17.6. The van der Waals surface area contributed by atoms with Gasteiger partial charge in [0, 0.05) is 20.6 Å². The standard InChI is InChI=1S/C16H33NO6.8CH4/c1-16(2,3)10-15(18)17-13-22-12-14(23-9-7-20-5)11-21-8-6-19-4;;;;;;;;/h14H,6-13H2,1-5H3,(H,17,18);8*1H4. The fourth-order valence-electron chi connectivity index (χ4n) is 1.67. The van der Waals surface area contributed by atoms with E-state index in [0.29, 0.717) is 46.1 Å². The lowest BCUT2D eigenvalue weighted by Gasteiger charge is -2.19. The Kier molecular flexibility index (Phi) is 67.7. The molecule has 0 saturated carbocycles. The van der Waals surface area contributed by atoms with E-state index in [4.69, 9.17) is 23.7 Å². The van der Waals surface area contributed by atoms with Crippen LogP contribution in [-0.2, 0) is 28.5 Å². The van der Waals surface area contributed by atoms with Crippen LogP contribution in [-0.4, -0.2) is 72.6 Å². The van der Waals surface area contributed by atoms with Crippen molar-refractivity contribution in [3.05, 3.63) is 0 Å². The average molecular weight is 464 g/mol. The van der Waals surface area contributed by atoms with E-state index in [1.807, 2.05) is 20.8 Å². The predicted molar refractivity (Wildman–Crippen MR) is 141 cm³/mol. The lowest BCUT2D eigenvalue weighted by molar-refractivity contribution is -0.125. The summed E-state index contributed by atoms with van der Waals surface area (Å²) in [5.41, 5.74) is -0.0366. The summed E-state index contributed by atoms with van der Waals surface area (Å²) in [6.07, 6.45) is 0.256. The summed E-state index contributed by atoms with van der Waals surface area (Å²) in [6.45, 7) is 8.98. The number of rotatable bonds is 14. The normalized spacial score (nSPS) is 9.71. The maximum atomic E-state index is 11.7. The Morgan fingerprint density at radius 1 is 0.742 bits per heavy atom. The van der Waals surface area contributed by atoms with Crippen LogP contribution in [0.3, 0.4) is 0 Å². The number of hydrogen-bond acceptors (Lipinski definition) is 6. The van der Waals surface area contributed by atoms with Gasteiger partial charge in [-0.05, 0) is 5.41 Å². The number of ether oxygens (including phenoxy) is 5. The molecule has 7 heteroatoms. The summed E-state index contributed by atoms with van der Waals surface area (Å²) in [6, 6.07) is 0. The van der Waals surface area contributed by atoms with Crippen LogP contribution in [0.1, 0.15) is 86.6 Å². The van der Waals surface area contributed by atoms with E-state index in [9.17, 15) is 4.79 Å². The van der Waals surface area contributed by atoms with Crippen LogP contribution >= 0.6 is 0 Å². The van der Waals surface area contributed by atoms with Crippen molar-refractivity contribution in [2.24, 2.45) is 5.41 Å². The van der Waals surface area contributed by atoms with Gasteiger partial charge in [-0.3, -0.25) is 4.79 Å². The van der Waals surface area contributed by atoms with Crippen LogP contribution in [0, 0.1) is 5.41 Å². The van der Waals surface area contributed by atoms with Gasteiger partial charge >= 0.3 is 0 Å². The SMILES string of the molecule is C.C.C.C.C.C.C.C.COCCOCC(COCNC(=O)CC(C)(C)C)OCCOC. The third-order valence-electron chi connectivity index (χ3n) is 2.74. The molecular weight excluding hydrogens is 398 g/mol. The molecule has 1 amide bonds. The first-order valence-corrected chi connectivity index (χ1v) is 7.90. The largest absolute Gasteiger partial charge is 0.382 e. The molecule has 0 aromatic rings. The van der Waals surface area contributed by atoms with Gasteiger partial charge < -0.3 is 29.0 Å². The highest BCUT2D eigenvalue weighted by molar-refractivity contribution is 5.76. The highest BCUT2D eigenvalue weighted by Gasteiger charge is 2.16. The van der Waals surface area contributed by atoms with Gasteiger partial charge in [-0.2, -0.15) is 0 Å². The maximum Gasteiger partial charge on any atom is 0.222 e. The number of methoxy groups -OCH3 is 2. The second-order valence-electron chi connectivity index (χ2n) is 6.41. The Labute approximate surface area is 198 Å². The van der Waals surface area contributed by atoms with Crippen molar-refractivity contribution >= 4 is 5.91 Å². The molecule has 0 saturated heterocycles. The molecule has 202 valence electrons. The van der Waals surface area contributed by atoms with Crippen LogP contribution in [0.15, 0.2) is 0 Å². The van der Waals surface area contributed by atoms with Gasteiger partial charge in [-0.25, -0.2) is 0 Å². The lowest BCUT2D eigenvalue weighted by Crippen LogP contribution is -2.33. The molecule has 0 aliphatic rings. The summed E-state index contributed by atoms with van der Waals surface area (Å²) < 4.78 is 26.4. The third kappa shape index (κ3) is 43.9. The summed E-state index contributed by atoms with van der Waals surface area (Å²) in [5.74, 6) is -0.0225. The van der Waals surface area contributed by atoms with E-state index in [2.05, 4.69) is 5.32 Å². The Morgan fingerprint density at radius 3 is 1.65 bits per heavy atom. The fourth-order valence-corrected chi connectivity index (χ4v) is 1.67. The minimum absolute atomic E-state index is 0. The van der Waals surface area contributed by atoms with Gasteiger partial charge in [-0.15, -0.1) is 0 Å². The highest BCUT2D eigenvalue weighted by atomic mass is 16.6. The molecule has 0 fully saturated rings. The van der Waals surface area contributed by atoms with Gasteiger partial charge in [0.2, 0.25) is 5.91 Å². The zero-order valence-corrected chi connectivity index (χ0v) is 15.2. The van der Waals surface area contributed by atoms with Gasteiger partial charge in [0.1, 0.15) is 12.8 Å². The van der Waals surface area contributed by atoms with Gasteiger partial charge in [0.05, 0.1) is 39.6 Å². The van der Waals surface area contributed by atoms with Crippen LogP contribution in [0.5, 0.6) is 0 Å². The number of carbonyl (C=O) groups excluding carboxylic acids is 1. The van der Waals surface area contributed by atoms with Crippen molar-refractivity contribution in [1.82, 2.24) is 5.32 Å². The summed E-state index contributed by atoms with van der Waals surface area (Å²) in [5, 5.41) is 2.74. The Morgan fingerprint density at radius 2 is 1.19 bits per heavy atom. The number of hydrogen-bond donors (Lipinski definition) is 1. The van der Waals surface area contributed by atoms with Crippen molar-refractivity contribution in [3.8, 4) is 0 Å². The molecule has 0 radical (unpaired) electrons. The van der Waals surface area contributed by atoms with Crippen LogP contribution in [0.4, 0.5) is 0 Å². The molecule has 0 bridgehead atoms. The van der Waals surface area contributed by atoms with E-state index in [1.165, 1.54) is 0 Å². The van der Waals surface area contributed by atoms with Gasteiger partial charge in [-0.1, -0.05) is 80.2 Å². The Hall–Kier alpha value is -0.730. The molecule has 0 aliphatic carbocycles. The molecule has 0 heterocycles. The molecule has 7 nitrogen and oxygen atoms in total. The molecule has 0 spiro atoms. The molecule has 1 unspecified atom stereocenters. The smallest absolute Gasteiger partial charge is 0.222 e. The fraction of sp³-hybridized carbons (Fsp3) is 0.958. The summed E-state index contributed by atoms with van der Waals surface area (Å²) in [7, 11) is 3.24. The second-order valence-corrected chi connectivity index (χ2v) is 6.41. The third-order valence-corrected chi connectivity index (χ3v) is 2.74. The molecule has 31 heavy (non-hydrogen) atoms. The monoisotopic (exact) mass is 463 g/mol. The molecule has 0 aliphatic heterocycles. The first-order valence-electron chi connectivity index (χ1n) is 7.90. The molecule has 0 aromatic carbocycles. The first kappa shape index (κ1) is 57.3. The lowest BCUT2D eigenvalue weighted by atomic mass is 9.92. The van der Waals surface area contributed by atoms with Crippen molar-refractivity contribution in [1.29, 1.82) is 0 Å². The zero-order valence-electron chi connectivity index (χ0n) is 15.2. The molecule has 1 N–H and O–H groups in total. The molecule has 0 aromatic heterocycles. The number of amides is 1. The molecule has 1 atom stereocenters. The van der Waals surface area contributed by atoms with E-state index >= 15 is 0 Å². The van der Waals surface area contributed by atoms with Gasteiger partial charge in [0.15, 0.2) is 0 Å². The van der Waals surface area contributed by atoms with Crippen LogP contribution < -0.4 is 5.32 Å². The van der Waals surface area contributed by atoms with E-state index in [-0.39, 0.29) is 83.6 Å². The van der Waals surface area contributed by atoms with Crippen molar-refractivity contribution < 1.29 is 28.5 Å². The maximum absolute atomic E-state index is 11.7. The summed E-state index contributed by atoms with van der Waals surface area (Å²) >= 11 is 0. The van der Waals surface area contributed by atoms with Crippen LogP contribution in [0.25, 0.3) is 0 Å². The Bertz CT molecular complexity index is 296. The highest BCUT2D eigenvalue weighted by Crippen LogP contribution is 2.17. The van der Waals surface area contributed by atoms with Crippen molar-refractivity contribution in [3.63, 3.8) is 0 Å². The number of nitrogens with one attached hydrogen (secondary N) is 1. The first-order chi connectivity index (χ1) is 10.9. The van der Waals surface area contributed by atoms with E-state index in [0.717, 1.165) is 0 Å². The number of carbonyl (C=O) groups is 1. The predicted octanol–water partition coefficient (Wildman–Crippen LogP) is 6.30. The van der Waals surface area contributed by atoms with Crippen molar-refractivity contribution in [2.45, 2.75) is 92.7 Å². The quantitative estimate of drug-likeness (QED) is 0.241. The second kappa shape index (κ2) is 36.6. The topological polar surface area (TPSA) is 75.2 Å². The minimum Gasteiger partial charge on any atom is -0.382 e. The molecular formula is C24H65NO6. The summed E-state index contributed by atoms with van der Waals surface area (Å²) in [4.78, 5) is 11.7. The van der Waals surface area contributed by atoms with E-state index in [1.54, 1.807) is 14.2 Å². The van der Waals surface area contributed by atoms with Crippen molar-refractivity contribution in [2.75, 3.05) is 60.6 Å². The van der Waals surface area contributed by atoms with Gasteiger partial charge in [0.25, 0.3) is 0 Å².